The summed E-state index contributed by atoms with van der Waals surface area (Å²) in [6, 6.07) is 7.58. The lowest BCUT2D eigenvalue weighted by Crippen LogP contribution is -2.50. The molecule has 0 saturated heterocycles. The molecule has 2 rings (SSSR count). The van der Waals surface area contributed by atoms with Crippen LogP contribution >= 0.6 is 15.9 Å². The molecule has 1 aromatic heterocycles. The second-order valence-corrected chi connectivity index (χ2v) is 6.50. The molecule has 2 aromatic rings. The average Bonchev–Trinajstić information content (AvgIpc) is 2.81. The molecule has 2 unspecified atom stereocenters. The Hall–Kier alpha value is -1.33. The standard InChI is InChI=1S/C16H20BrNO3/c1-4-7-16(3,15(19)20)18-10(2)14-9-11-8-12(17)5-6-13(11)21-14/h5-6,8-10,18H,4,7H2,1-3H3,(H,19,20). The van der Waals surface area contributed by atoms with Gasteiger partial charge in [-0.05, 0) is 44.5 Å². The van der Waals surface area contributed by atoms with E-state index in [9.17, 15) is 9.90 Å². The van der Waals surface area contributed by atoms with E-state index in [1.807, 2.05) is 38.1 Å². The van der Waals surface area contributed by atoms with Crippen LogP contribution in [0.5, 0.6) is 0 Å². The van der Waals surface area contributed by atoms with E-state index in [2.05, 4.69) is 21.2 Å². The highest BCUT2D eigenvalue weighted by atomic mass is 79.9. The molecular weight excluding hydrogens is 334 g/mol. The van der Waals surface area contributed by atoms with E-state index in [0.717, 1.165) is 27.6 Å². The Balaban J connectivity index is 2.25. The Morgan fingerprint density at radius 3 is 2.81 bits per heavy atom. The fourth-order valence-electron chi connectivity index (χ4n) is 2.54. The van der Waals surface area contributed by atoms with Gasteiger partial charge in [0.2, 0.25) is 0 Å². The Morgan fingerprint density at radius 1 is 1.48 bits per heavy atom. The molecule has 0 saturated carbocycles. The largest absolute Gasteiger partial charge is 0.480 e. The van der Waals surface area contributed by atoms with Crippen molar-refractivity contribution in [3.8, 4) is 0 Å². The molecule has 0 radical (unpaired) electrons. The summed E-state index contributed by atoms with van der Waals surface area (Å²) in [7, 11) is 0. The Labute approximate surface area is 132 Å². The van der Waals surface area contributed by atoms with Crippen LogP contribution in [0.25, 0.3) is 11.0 Å². The molecule has 0 aliphatic rings. The molecule has 2 atom stereocenters. The van der Waals surface area contributed by atoms with E-state index in [-0.39, 0.29) is 6.04 Å². The topological polar surface area (TPSA) is 62.5 Å². The lowest BCUT2D eigenvalue weighted by atomic mass is 9.95. The first-order valence-electron chi connectivity index (χ1n) is 7.06. The van der Waals surface area contributed by atoms with Crippen LogP contribution in [0.4, 0.5) is 0 Å². The number of fused-ring (bicyclic) bond motifs is 1. The van der Waals surface area contributed by atoms with Crippen molar-refractivity contribution >= 4 is 32.9 Å². The second-order valence-electron chi connectivity index (χ2n) is 5.58. The SMILES string of the molecule is CCCC(C)(NC(C)c1cc2cc(Br)ccc2o1)C(=O)O. The summed E-state index contributed by atoms with van der Waals surface area (Å²) in [5, 5.41) is 13.6. The number of furan rings is 1. The van der Waals surface area contributed by atoms with Gasteiger partial charge in [-0.1, -0.05) is 29.3 Å². The van der Waals surface area contributed by atoms with Gasteiger partial charge in [-0.15, -0.1) is 0 Å². The summed E-state index contributed by atoms with van der Waals surface area (Å²) in [4.78, 5) is 11.5. The first-order valence-corrected chi connectivity index (χ1v) is 7.85. The number of halogens is 1. The lowest BCUT2D eigenvalue weighted by molar-refractivity contribution is -0.144. The molecule has 1 aromatic carbocycles. The zero-order valence-electron chi connectivity index (χ0n) is 12.4. The molecule has 0 aliphatic carbocycles. The van der Waals surface area contributed by atoms with Gasteiger partial charge in [-0.2, -0.15) is 0 Å². The van der Waals surface area contributed by atoms with Crippen LogP contribution in [-0.4, -0.2) is 16.6 Å². The summed E-state index contributed by atoms with van der Waals surface area (Å²) in [6.07, 6.45) is 1.37. The summed E-state index contributed by atoms with van der Waals surface area (Å²) >= 11 is 3.43. The molecule has 2 N–H and O–H groups in total. The molecule has 21 heavy (non-hydrogen) atoms. The van der Waals surface area contributed by atoms with Crippen molar-refractivity contribution in [3.63, 3.8) is 0 Å². The maximum absolute atomic E-state index is 11.5. The van der Waals surface area contributed by atoms with Crippen LogP contribution in [0.15, 0.2) is 33.2 Å². The second kappa shape index (κ2) is 6.20. The normalized spacial score (nSPS) is 15.8. The van der Waals surface area contributed by atoms with Gasteiger partial charge in [-0.3, -0.25) is 10.1 Å². The number of rotatable bonds is 6. The number of hydrogen-bond donors (Lipinski definition) is 2. The van der Waals surface area contributed by atoms with Crippen molar-refractivity contribution in [2.45, 2.75) is 45.2 Å². The van der Waals surface area contributed by atoms with Crippen LogP contribution in [-0.2, 0) is 4.79 Å². The summed E-state index contributed by atoms with van der Waals surface area (Å²) in [6.45, 7) is 5.62. The third kappa shape index (κ3) is 3.47. The van der Waals surface area contributed by atoms with Crippen molar-refractivity contribution in [1.82, 2.24) is 5.32 Å². The van der Waals surface area contributed by atoms with Crippen LogP contribution in [0, 0.1) is 0 Å². The van der Waals surface area contributed by atoms with Gasteiger partial charge >= 0.3 is 5.97 Å². The highest BCUT2D eigenvalue weighted by Gasteiger charge is 2.34. The predicted molar refractivity (Wildman–Crippen MR) is 86.4 cm³/mol. The first kappa shape index (κ1) is 16.0. The van der Waals surface area contributed by atoms with Crippen molar-refractivity contribution in [2.24, 2.45) is 0 Å². The number of hydrogen-bond acceptors (Lipinski definition) is 3. The predicted octanol–water partition coefficient (Wildman–Crippen LogP) is 4.49. The summed E-state index contributed by atoms with van der Waals surface area (Å²) < 4.78 is 6.80. The average molecular weight is 354 g/mol. The van der Waals surface area contributed by atoms with Gasteiger partial charge < -0.3 is 9.52 Å². The van der Waals surface area contributed by atoms with Gasteiger partial charge in [0, 0.05) is 9.86 Å². The van der Waals surface area contributed by atoms with E-state index in [1.165, 1.54) is 0 Å². The van der Waals surface area contributed by atoms with Crippen LogP contribution in [0.1, 0.15) is 45.4 Å². The zero-order chi connectivity index (χ0) is 15.6. The Kier molecular flexibility index (Phi) is 4.74. The number of carboxylic acids is 1. The fraction of sp³-hybridized carbons (Fsp3) is 0.438. The van der Waals surface area contributed by atoms with Gasteiger partial charge in [-0.25, -0.2) is 0 Å². The van der Waals surface area contributed by atoms with Crippen molar-refractivity contribution in [1.29, 1.82) is 0 Å². The molecule has 1 heterocycles. The third-order valence-corrected chi connectivity index (χ3v) is 4.17. The molecule has 4 nitrogen and oxygen atoms in total. The van der Waals surface area contributed by atoms with Gasteiger partial charge in [0.05, 0.1) is 6.04 Å². The summed E-state index contributed by atoms with van der Waals surface area (Å²) in [5.74, 6) is -0.0956. The van der Waals surface area contributed by atoms with Crippen molar-refractivity contribution in [3.05, 3.63) is 34.5 Å². The molecule has 0 spiro atoms. The van der Waals surface area contributed by atoms with Gasteiger partial charge in [0.25, 0.3) is 0 Å². The monoisotopic (exact) mass is 353 g/mol. The number of carbonyl (C=O) groups is 1. The smallest absolute Gasteiger partial charge is 0.323 e. The molecule has 0 aliphatic heterocycles. The van der Waals surface area contributed by atoms with Crippen LogP contribution in [0.2, 0.25) is 0 Å². The maximum atomic E-state index is 11.5. The minimum Gasteiger partial charge on any atom is -0.480 e. The first-order chi connectivity index (χ1) is 9.85. The highest BCUT2D eigenvalue weighted by molar-refractivity contribution is 9.10. The molecule has 0 amide bonds. The van der Waals surface area contributed by atoms with E-state index >= 15 is 0 Å². The van der Waals surface area contributed by atoms with Gasteiger partial charge in [0.15, 0.2) is 0 Å². The number of carboxylic acid groups (broad SMARTS) is 1. The summed E-state index contributed by atoms with van der Waals surface area (Å²) in [5.41, 5.74) is -0.150. The quantitative estimate of drug-likeness (QED) is 0.802. The molecular formula is C16H20BrNO3. The lowest BCUT2D eigenvalue weighted by Gasteiger charge is -2.28. The fourth-order valence-corrected chi connectivity index (χ4v) is 2.92. The van der Waals surface area contributed by atoms with Gasteiger partial charge in [0.1, 0.15) is 16.9 Å². The molecule has 5 heteroatoms. The molecule has 0 fully saturated rings. The number of nitrogens with one attached hydrogen (secondary N) is 1. The van der Waals surface area contributed by atoms with E-state index in [0.29, 0.717) is 6.42 Å². The minimum atomic E-state index is -0.951. The van der Waals surface area contributed by atoms with E-state index in [1.54, 1.807) is 6.92 Å². The van der Waals surface area contributed by atoms with Crippen molar-refractivity contribution < 1.29 is 14.3 Å². The zero-order valence-corrected chi connectivity index (χ0v) is 14.0. The van der Waals surface area contributed by atoms with E-state index in [4.69, 9.17) is 4.42 Å². The molecule has 0 bridgehead atoms. The highest BCUT2D eigenvalue weighted by Crippen LogP contribution is 2.28. The Morgan fingerprint density at radius 2 is 2.19 bits per heavy atom. The number of benzene rings is 1. The minimum absolute atomic E-state index is 0.177. The van der Waals surface area contributed by atoms with Crippen molar-refractivity contribution in [2.75, 3.05) is 0 Å². The van der Waals surface area contributed by atoms with Crippen LogP contribution in [0.3, 0.4) is 0 Å². The number of aliphatic carboxylic acids is 1. The third-order valence-electron chi connectivity index (χ3n) is 3.68. The van der Waals surface area contributed by atoms with Crippen LogP contribution < -0.4 is 5.32 Å². The van der Waals surface area contributed by atoms with E-state index < -0.39 is 11.5 Å². The Bertz CT molecular complexity index is 652. The molecule has 114 valence electrons. The maximum Gasteiger partial charge on any atom is 0.323 e.